The summed E-state index contributed by atoms with van der Waals surface area (Å²) in [4.78, 5) is 9.10. The number of anilines is 1. The van der Waals surface area contributed by atoms with Gasteiger partial charge in [0.2, 0.25) is 0 Å². The Morgan fingerprint density at radius 2 is 2.05 bits per heavy atom. The minimum absolute atomic E-state index is 0.457. The molecule has 0 fully saturated rings. The maximum absolute atomic E-state index is 6.08. The highest BCUT2D eigenvalue weighted by molar-refractivity contribution is 6.06. The first-order valence-electron chi connectivity index (χ1n) is 6.98. The van der Waals surface area contributed by atoms with E-state index in [1.807, 2.05) is 24.3 Å². The SMILES string of the molecule is COCCc1nc2c(N)nc3ccccc3c2n1CCN. The van der Waals surface area contributed by atoms with E-state index in [1.54, 1.807) is 7.11 Å². The topological polar surface area (TPSA) is 92.0 Å². The molecule has 0 radical (unpaired) electrons. The molecule has 3 rings (SSSR count). The van der Waals surface area contributed by atoms with Crippen LogP contribution < -0.4 is 11.5 Å². The standard InChI is InChI=1S/C15H19N5O/c1-21-9-6-12-19-13-14(20(12)8-7-16)10-4-2-3-5-11(10)18-15(13)17/h2-5H,6-9,16H2,1H3,(H2,17,18). The average molecular weight is 285 g/mol. The fourth-order valence-electron chi connectivity index (χ4n) is 2.66. The predicted octanol–water partition coefficient (Wildman–Crippen LogP) is 1.31. The van der Waals surface area contributed by atoms with Crippen LogP contribution in [0, 0.1) is 0 Å². The van der Waals surface area contributed by atoms with Crippen molar-refractivity contribution in [3.05, 3.63) is 30.1 Å². The fourth-order valence-corrected chi connectivity index (χ4v) is 2.66. The molecule has 0 saturated carbocycles. The van der Waals surface area contributed by atoms with E-state index in [-0.39, 0.29) is 0 Å². The Kier molecular flexibility index (Phi) is 3.72. The van der Waals surface area contributed by atoms with Gasteiger partial charge in [-0.05, 0) is 6.07 Å². The second kappa shape index (κ2) is 5.67. The summed E-state index contributed by atoms with van der Waals surface area (Å²) >= 11 is 0. The summed E-state index contributed by atoms with van der Waals surface area (Å²) < 4.78 is 7.29. The lowest BCUT2D eigenvalue weighted by Crippen LogP contribution is -2.14. The Morgan fingerprint density at radius 1 is 1.24 bits per heavy atom. The highest BCUT2D eigenvalue weighted by Crippen LogP contribution is 2.28. The number of hydrogen-bond acceptors (Lipinski definition) is 5. The van der Waals surface area contributed by atoms with Gasteiger partial charge in [0.05, 0.1) is 17.6 Å². The molecular formula is C15H19N5O. The van der Waals surface area contributed by atoms with E-state index in [4.69, 9.17) is 16.2 Å². The number of pyridine rings is 1. The molecule has 0 atom stereocenters. The molecule has 21 heavy (non-hydrogen) atoms. The maximum atomic E-state index is 6.08. The molecule has 1 aromatic carbocycles. The molecule has 0 aliphatic rings. The highest BCUT2D eigenvalue weighted by atomic mass is 16.5. The van der Waals surface area contributed by atoms with E-state index >= 15 is 0 Å². The van der Waals surface area contributed by atoms with Gasteiger partial charge >= 0.3 is 0 Å². The van der Waals surface area contributed by atoms with Crippen molar-refractivity contribution in [2.45, 2.75) is 13.0 Å². The second-order valence-corrected chi connectivity index (χ2v) is 4.92. The minimum atomic E-state index is 0.457. The zero-order chi connectivity index (χ0) is 14.8. The molecular weight excluding hydrogens is 266 g/mol. The predicted molar refractivity (Wildman–Crippen MR) is 84.1 cm³/mol. The fraction of sp³-hybridized carbons (Fsp3) is 0.333. The van der Waals surface area contributed by atoms with Gasteiger partial charge in [0.15, 0.2) is 5.82 Å². The molecule has 0 bridgehead atoms. The Labute approximate surface area is 122 Å². The molecule has 0 spiro atoms. The van der Waals surface area contributed by atoms with Gasteiger partial charge in [-0.25, -0.2) is 9.97 Å². The Bertz CT molecular complexity index is 780. The zero-order valence-electron chi connectivity index (χ0n) is 12.0. The van der Waals surface area contributed by atoms with E-state index < -0.39 is 0 Å². The third-order valence-corrected chi connectivity index (χ3v) is 3.57. The molecule has 110 valence electrons. The maximum Gasteiger partial charge on any atom is 0.152 e. The van der Waals surface area contributed by atoms with Crippen LogP contribution in [0.4, 0.5) is 5.82 Å². The van der Waals surface area contributed by atoms with Gasteiger partial charge in [0, 0.05) is 32.0 Å². The first kappa shape index (κ1) is 13.8. The van der Waals surface area contributed by atoms with Crippen LogP contribution in [0.1, 0.15) is 5.82 Å². The lowest BCUT2D eigenvalue weighted by molar-refractivity contribution is 0.199. The largest absolute Gasteiger partial charge is 0.384 e. The number of nitrogens with two attached hydrogens (primary N) is 2. The summed E-state index contributed by atoms with van der Waals surface area (Å²) in [6, 6.07) is 7.95. The summed E-state index contributed by atoms with van der Waals surface area (Å²) in [5.41, 5.74) is 14.5. The average Bonchev–Trinajstić information content (AvgIpc) is 2.85. The number of nitrogen functional groups attached to an aromatic ring is 1. The Balaban J connectivity index is 2.32. The van der Waals surface area contributed by atoms with Gasteiger partial charge in [-0.3, -0.25) is 0 Å². The molecule has 0 unspecified atom stereocenters. The van der Waals surface area contributed by atoms with Gasteiger partial charge in [0.1, 0.15) is 11.3 Å². The lowest BCUT2D eigenvalue weighted by Gasteiger charge is -2.09. The molecule has 3 aromatic rings. The molecule has 0 aliphatic heterocycles. The van der Waals surface area contributed by atoms with Crippen LogP contribution in [0.25, 0.3) is 21.9 Å². The number of fused-ring (bicyclic) bond motifs is 3. The number of hydrogen-bond donors (Lipinski definition) is 2. The quantitative estimate of drug-likeness (QED) is 0.737. The smallest absolute Gasteiger partial charge is 0.152 e. The zero-order valence-corrected chi connectivity index (χ0v) is 12.0. The van der Waals surface area contributed by atoms with Crippen LogP contribution in [-0.4, -0.2) is 34.8 Å². The van der Waals surface area contributed by atoms with Crippen molar-refractivity contribution >= 4 is 27.8 Å². The summed E-state index contributed by atoms with van der Waals surface area (Å²) in [5.74, 6) is 1.39. The summed E-state index contributed by atoms with van der Waals surface area (Å²) in [6.07, 6.45) is 0.721. The minimum Gasteiger partial charge on any atom is -0.384 e. The lowest BCUT2D eigenvalue weighted by atomic mass is 10.2. The van der Waals surface area contributed by atoms with Crippen LogP contribution >= 0.6 is 0 Å². The molecule has 6 nitrogen and oxygen atoms in total. The van der Waals surface area contributed by atoms with Crippen molar-refractivity contribution in [1.29, 1.82) is 0 Å². The number of methoxy groups -OCH3 is 1. The molecule has 0 amide bonds. The van der Waals surface area contributed by atoms with E-state index in [1.165, 1.54) is 0 Å². The number of aromatic nitrogens is 3. The van der Waals surface area contributed by atoms with Crippen molar-refractivity contribution in [3.63, 3.8) is 0 Å². The van der Waals surface area contributed by atoms with Crippen molar-refractivity contribution in [2.24, 2.45) is 5.73 Å². The molecule has 4 N–H and O–H groups in total. The number of para-hydroxylation sites is 1. The van der Waals surface area contributed by atoms with Crippen molar-refractivity contribution in [1.82, 2.24) is 14.5 Å². The van der Waals surface area contributed by atoms with Crippen LogP contribution in [0.15, 0.2) is 24.3 Å². The van der Waals surface area contributed by atoms with E-state index in [2.05, 4.69) is 14.5 Å². The van der Waals surface area contributed by atoms with Crippen LogP contribution in [-0.2, 0) is 17.7 Å². The van der Waals surface area contributed by atoms with Crippen molar-refractivity contribution in [3.8, 4) is 0 Å². The molecule has 6 heteroatoms. The molecule has 2 heterocycles. The Morgan fingerprint density at radius 3 is 2.81 bits per heavy atom. The normalized spacial score (nSPS) is 11.5. The number of ether oxygens (including phenoxy) is 1. The van der Waals surface area contributed by atoms with E-state index in [0.29, 0.717) is 25.5 Å². The molecule has 0 aliphatic carbocycles. The first-order chi connectivity index (χ1) is 10.3. The third-order valence-electron chi connectivity index (χ3n) is 3.57. The van der Waals surface area contributed by atoms with Crippen molar-refractivity contribution < 1.29 is 4.74 Å². The second-order valence-electron chi connectivity index (χ2n) is 4.92. The highest BCUT2D eigenvalue weighted by Gasteiger charge is 2.16. The van der Waals surface area contributed by atoms with Crippen LogP contribution in [0.2, 0.25) is 0 Å². The van der Waals surface area contributed by atoms with Gasteiger partial charge < -0.3 is 20.8 Å². The van der Waals surface area contributed by atoms with Gasteiger partial charge in [-0.1, -0.05) is 18.2 Å². The van der Waals surface area contributed by atoms with Gasteiger partial charge in [-0.2, -0.15) is 0 Å². The van der Waals surface area contributed by atoms with Crippen LogP contribution in [0.3, 0.4) is 0 Å². The summed E-state index contributed by atoms with van der Waals surface area (Å²) in [7, 11) is 1.68. The monoisotopic (exact) mass is 285 g/mol. The summed E-state index contributed by atoms with van der Waals surface area (Å²) in [5, 5.41) is 1.05. The Hall–Kier alpha value is -2.18. The van der Waals surface area contributed by atoms with E-state index in [9.17, 15) is 0 Å². The first-order valence-corrected chi connectivity index (χ1v) is 6.98. The number of nitrogens with zero attached hydrogens (tertiary/aromatic N) is 3. The number of benzene rings is 1. The number of rotatable bonds is 5. The van der Waals surface area contributed by atoms with E-state index in [0.717, 1.165) is 34.2 Å². The number of imidazole rings is 1. The van der Waals surface area contributed by atoms with Crippen molar-refractivity contribution in [2.75, 3.05) is 26.0 Å². The van der Waals surface area contributed by atoms with Gasteiger partial charge in [0.25, 0.3) is 0 Å². The summed E-state index contributed by atoms with van der Waals surface area (Å²) in [6.45, 7) is 1.85. The molecule has 0 saturated heterocycles. The molecule has 2 aromatic heterocycles. The third kappa shape index (κ3) is 2.32. The van der Waals surface area contributed by atoms with Gasteiger partial charge in [-0.15, -0.1) is 0 Å². The van der Waals surface area contributed by atoms with Crippen LogP contribution in [0.5, 0.6) is 0 Å².